The van der Waals surface area contributed by atoms with Crippen molar-refractivity contribution in [3.05, 3.63) is 35.9 Å². The van der Waals surface area contributed by atoms with Gasteiger partial charge in [-0.15, -0.1) is 0 Å². The fourth-order valence-electron chi connectivity index (χ4n) is 2.84. The number of aliphatic hydroxyl groups excluding tert-OH is 1. The van der Waals surface area contributed by atoms with Crippen LogP contribution < -0.4 is 0 Å². The van der Waals surface area contributed by atoms with Crippen LogP contribution in [-0.2, 0) is 33.2 Å². The van der Waals surface area contributed by atoms with Gasteiger partial charge in [-0.25, -0.2) is 0 Å². The zero-order valence-corrected chi connectivity index (χ0v) is 14.1. The molecule has 9 heteroatoms. The minimum atomic E-state index is -3.81. The summed E-state index contributed by atoms with van der Waals surface area (Å²) in [5, 5.41) is 10.6. The molecular weight excluding hydrogens is 340 g/mol. The molecule has 1 N–H and O–H groups in total. The lowest BCUT2D eigenvalue weighted by Gasteiger charge is -2.46. The van der Waals surface area contributed by atoms with E-state index in [-0.39, 0.29) is 6.61 Å². The summed E-state index contributed by atoms with van der Waals surface area (Å²) < 4.78 is 50.0. The first-order chi connectivity index (χ1) is 11.4. The summed E-state index contributed by atoms with van der Waals surface area (Å²) in [7, 11) is -2.47. The fourth-order valence-corrected chi connectivity index (χ4v) is 3.45. The van der Waals surface area contributed by atoms with Gasteiger partial charge < -0.3 is 24.1 Å². The zero-order chi connectivity index (χ0) is 17.3. The number of benzene rings is 1. The van der Waals surface area contributed by atoms with Gasteiger partial charge in [0.2, 0.25) is 0 Å². The van der Waals surface area contributed by atoms with Crippen LogP contribution in [0, 0.1) is 0 Å². The minimum Gasteiger partial charge on any atom is -0.387 e. The molecule has 0 radical (unpaired) electrons. The Morgan fingerprint density at radius 1 is 1.21 bits per heavy atom. The molecule has 0 bridgehead atoms. The van der Waals surface area contributed by atoms with E-state index >= 15 is 0 Å². The van der Waals surface area contributed by atoms with Crippen molar-refractivity contribution in [2.75, 3.05) is 20.0 Å². The summed E-state index contributed by atoms with van der Waals surface area (Å²) in [5.74, 6) is 0. The number of hydrogen-bond acceptors (Lipinski definition) is 8. The van der Waals surface area contributed by atoms with Gasteiger partial charge in [-0.1, -0.05) is 30.3 Å². The third kappa shape index (κ3) is 3.77. The minimum absolute atomic E-state index is 0.173. The monoisotopic (exact) mass is 360 g/mol. The van der Waals surface area contributed by atoms with Crippen molar-refractivity contribution in [1.82, 2.24) is 0 Å². The van der Waals surface area contributed by atoms with E-state index in [4.69, 9.17) is 23.1 Å². The Morgan fingerprint density at radius 2 is 1.92 bits per heavy atom. The third-order valence-corrected chi connectivity index (χ3v) is 4.47. The largest absolute Gasteiger partial charge is 0.387 e. The Labute approximate surface area is 140 Å². The molecule has 0 spiro atoms. The van der Waals surface area contributed by atoms with E-state index in [2.05, 4.69) is 0 Å². The summed E-state index contributed by atoms with van der Waals surface area (Å²) in [5.41, 5.74) is 0.789. The van der Waals surface area contributed by atoms with Gasteiger partial charge in [0.1, 0.15) is 18.3 Å². The highest BCUT2D eigenvalue weighted by Gasteiger charge is 2.51. The molecule has 2 fully saturated rings. The van der Waals surface area contributed by atoms with E-state index in [1.54, 1.807) is 0 Å². The lowest BCUT2D eigenvalue weighted by atomic mass is 9.98. The molecule has 0 aliphatic carbocycles. The first-order valence-corrected chi connectivity index (χ1v) is 9.27. The fraction of sp³-hybridized carbons (Fsp3) is 0.600. The van der Waals surface area contributed by atoms with Crippen LogP contribution in [0.4, 0.5) is 0 Å². The number of fused-ring (bicyclic) bond motifs is 1. The number of rotatable bonds is 4. The SMILES string of the molecule is CO[C@H]1O[C@H]2CO[C@H](c3ccccc3)O[C@@H]2[C@@H](O)[C@@H]1OS(C)(=O)=O. The first-order valence-electron chi connectivity index (χ1n) is 7.45. The van der Waals surface area contributed by atoms with Gasteiger partial charge >= 0.3 is 0 Å². The highest BCUT2D eigenvalue weighted by Crippen LogP contribution is 2.35. The predicted octanol–water partition coefficient (Wildman–Crippen LogP) is 0.178. The number of hydrogen-bond donors (Lipinski definition) is 1. The van der Waals surface area contributed by atoms with Gasteiger partial charge in [-0.2, -0.15) is 8.42 Å². The Morgan fingerprint density at radius 3 is 2.54 bits per heavy atom. The van der Waals surface area contributed by atoms with Crippen LogP contribution in [0.2, 0.25) is 0 Å². The Hall–Kier alpha value is -1.07. The maximum absolute atomic E-state index is 11.4. The molecule has 2 saturated heterocycles. The highest BCUT2D eigenvalue weighted by atomic mass is 32.2. The molecule has 1 aromatic carbocycles. The molecule has 24 heavy (non-hydrogen) atoms. The van der Waals surface area contributed by atoms with Crippen molar-refractivity contribution in [1.29, 1.82) is 0 Å². The van der Waals surface area contributed by atoms with Gasteiger partial charge in [0.15, 0.2) is 18.7 Å². The molecule has 0 aromatic heterocycles. The molecule has 0 saturated carbocycles. The van der Waals surface area contributed by atoms with Gasteiger partial charge in [0.05, 0.1) is 12.9 Å². The molecule has 0 amide bonds. The number of aliphatic hydroxyl groups is 1. The van der Waals surface area contributed by atoms with E-state index in [1.165, 1.54) is 7.11 Å². The molecule has 0 unspecified atom stereocenters. The zero-order valence-electron chi connectivity index (χ0n) is 13.3. The highest BCUT2D eigenvalue weighted by molar-refractivity contribution is 7.86. The van der Waals surface area contributed by atoms with Crippen molar-refractivity contribution in [2.45, 2.75) is 37.0 Å². The van der Waals surface area contributed by atoms with E-state index < -0.39 is 47.1 Å². The Kier molecular flexibility index (Phi) is 5.21. The standard InChI is InChI=1S/C15H20O8S/c1-19-15-13(23-24(2,17)18)11(16)12-10(21-15)8-20-14(22-12)9-6-4-3-5-7-9/h3-7,10-16H,8H2,1-2H3/t10-,11+,12-,13-,14-,15-/m0/s1. The molecule has 1 aromatic rings. The lowest BCUT2D eigenvalue weighted by molar-refractivity contribution is -0.354. The Balaban J connectivity index is 1.79. The summed E-state index contributed by atoms with van der Waals surface area (Å²) in [6.07, 6.45) is -4.69. The van der Waals surface area contributed by atoms with Crippen LogP contribution in [0.3, 0.4) is 0 Å². The number of ether oxygens (including phenoxy) is 4. The summed E-state index contributed by atoms with van der Waals surface area (Å²) in [6, 6.07) is 9.23. The van der Waals surface area contributed by atoms with Gasteiger partial charge in [-0.3, -0.25) is 4.18 Å². The van der Waals surface area contributed by atoms with Crippen LogP contribution >= 0.6 is 0 Å². The summed E-state index contributed by atoms with van der Waals surface area (Å²) in [6.45, 7) is 0.173. The van der Waals surface area contributed by atoms with Gasteiger partial charge in [-0.05, 0) is 0 Å². The average molecular weight is 360 g/mol. The van der Waals surface area contributed by atoms with E-state index in [0.717, 1.165) is 11.8 Å². The molecule has 2 aliphatic heterocycles. The quantitative estimate of drug-likeness (QED) is 0.759. The van der Waals surface area contributed by atoms with Crippen LogP contribution in [0.5, 0.6) is 0 Å². The molecule has 2 aliphatic rings. The average Bonchev–Trinajstić information content (AvgIpc) is 2.56. The van der Waals surface area contributed by atoms with Crippen molar-refractivity contribution in [3.63, 3.8) is 0 Å². The molecule has 2 heterocycles. The van der Waals surface area contributed by atoms with Crippen molar-refractivity contribution >= 4 is 10.1 Å². The second-order valence-electron chi connectivity index (χ2n) is 5.71. The maximum atomic E-state index is 11.4. The predicted molar refractivity (Wildman–Crippen MR) is 81.4 cm³/mol. The molecule has 3 rings (SSSR count). The van der Waals surface area contributed by atoms with Crippen molar-refractivity contribution in [2.24, 2.45) is 0 Å². The second kappa shape index (κ2) is 7.04. The molecular formula is C15H20O8S. The smallest absolute Gasteiger partial charge is 0.264 e. The maximum Gasteiger partial charge on any atom is 0.264 e. The van der Waals surface area contributed by atoms with E-state index in [1.807, 2.05) is 30.3 Å². The lowest BCUT2D eigenvalue weighted by Crippen LogP contribution is -2.63. The van der Waals surface area contributed by atoms with Crippen LogP contribution in [0.15, 0.2) is 30.3 Å². The van der Waals surface area contributed by atoms with Crippen LogP contribution in [0.1, 0.15) is 11.9 Å². The molecule has 134 valence electrons. The summed E-state index contributed by atoms with van der Waals surface area (Å²) in [4.78, 5) is 0. The van der Waals surface area contributed by atoms with Gasteiger partial charge in [0.25, 0.3) is 10.1 Å². The molecule has 8 nitrogen and oxygen atoms in total. The van der Waals surface area contributed by atoms with Crippen molar-refractivity contribution < 1.29 is 36.7 Å². The summed E-state index contributed by atoms with van der Waals surface area (Å²) >= 11 is 0. The number of methoxy groups -OCH3 is 1. The van der Waals surface area contributed by atoms with Crippen molar-refractivity contribution in [3.8, 4) is 0 Å². The van der Waals surface area contributed by atoms with Crippen LogP contribution in [-0.4, -0.2) is 64.2 Å². The first kappa shape index (κ1) is 17.7. The van der Waals surface area contributed by atoms with Crippen LogP contribution in [0.25, 0.3) is 0 Å². The normalized spacial score (nSPS) is 37.0. The molecule has 6 atom stereocenters. The second-order valence-corrected chi connectivity index (χ2v) is 7.31. The van der Waals surface area contributed by atoms with Gasteiger partial charge in [0, 0.05) is 12.7 Å². The van der Waals surface area contributed by atoms with E-state index in [0.29, 0.717) is 0 Å². The Bertz CT molecular complexity index is 649. The topological polar surface area (TPSA) is 101 Å². The van der Waals surface area contributed by atoms with E-state index in [9.17, 15) is 13.5 Å². The third-order valence-electron chi connectivity index (χ3n) is 3.90.